The number of oxime groups is 1. The normalized spacial score (nSPS) is 16.0. The first-order valence-corrected chi connectivity index (χ1v) is 7.49. The Morgan fingerprint density at radius 1 is 1.40 bits per heavy atom. The van der Waals surface area contributed by atoms with E-state index in [0.717, 1.165) is 0 Å². The first kappa shape index (κ1) is 16.6. The topological polar surface area (TPSA) is 106 Å². The number of pyridine rings is 2. The highest BCUT2D eigenvalue weighted by Crippen LogP contribution is 2.29. The Balaban J connectivity index is 1.60. The van der Waals surface area contributed by atoms with Gasteiger partial charge in [-0.15, -0.1) is 0 Å². The van der Waals surface area contributed by atoms with E-state index in [1.165, 1.54) is 12.3 Å². The Hall–Kier alpha value is -3.23. The fourth-order valence-corrected chi connectivity index (χ4v) is 2.30. The summed E-state index contributed by atoms with van der Waals surface area (Å²) in [5.41, 5.74) is 1.97. The van der Waals surface area contributed by atoms with Crippen molar-refractivity contribution in [3.05, 3.63) is 42.7 Å². The fraction of sp³-hybridized carbons (Fsp3) is 0.250. The number of rotatable bonds is 6. The minimum atomic E-state index is -1.11. The molecule has 130 valence electrons. The molecule has 1 aliphatic rings. The third-order valence-electron chi connectivity index (χ3n) is 3.48. The largest absolute Gasteiger partial charge is 0.489 e. The van der Waals surface area contributed by atoms with E-state index in [0.29, 0.717) is 29.0 Å². The second-order valence-electron chi connectivity index (χ2n) is 5.30. The molecular weight excluding hydrogens is 331 g/mol. The summed E-state index contributed by atoms with van der Waals surface area (Å²) < 4.78 is 18.8. The van der Waals surface area contributed by atoms with Crippen LogP contribution < -0.4 is 10.1 Å². The monoisotopic (exact) mass is 346 g/mol. The van der Waals surface area contributed by atoms with Gasteiger partial charge in [0.15, 0.2) is 6.10 Å². The second-order valence-corrected chi connectivity index (χ2v) is 5.30. The van der Waals surface area contributed by atoms with Gasteiger partial charge in [-0.25, -0.2) is 9.78 Å². The van der Waals surface area contributed by atoms with Crippen LogP contribution in [-0.4, -0.2) is 46.1 Å². The van der Waals surface area contributed by atoms with Gasteiger partial charge in [-0.05, 0) is 18.2 Å². The number of amides is 1. The molecule has 0 saturated heterocycles. The van der Waals surface area contributed by atoms with E-state index in [-0.39, 0.29) is 19.3 Å². The molecule has 2 aromatic heterocycles. The molecule has 8 nitrogen and oxygen atoms in total. The highest BCUT2D eigenvalue weighted by atomic mass is 19.1. The lowest BCUT2D eigenvalue weighted by atomic mass is 10.1. The number of halogens is 1. The zero-order chi connectivity index (χ0) is 17.6. The Bertz CT molecular complexity index is 782. The molecule has 0 fully saturated rings. The number of carboxylic acid groups (broad SMARTS) is 1. The van der Waals surface area contributed by atoms with Crippen LogP contribution in [0.25, 0.3) is 11.1 Å². The van der Waals surface area contributed by atoms with Crippen LogP contribution in [0, 0.1) is 5.95 Å². The lowest BCUT2D eigenvalue weighted by molar-refractivity contribution is 0.0472. The van der Waals surface area contributed by atoms with E-state index in [9.17, 15) is 9.18 Å². The van der Waals surface area contributed by atoms with Gasteiger partial charge < -0.3 is 20.0 Å². The molecule has 1 amide bonds. The quantitative estimate of drug-likeness (QED) is 0.776. The van der Waals surface area contributed by atoms with E-state index < -0.39 is 12.0 Å². The molecule has 9 heteroatoms. The summed E-state index contributed by atoms with van der Waals surface area (Å²) in [6, 6.07) is 4.56. The van der Waals surface area contributed by atoms with Gasteiger partial charge in [-0.3, -0.25) is 4.98 Å². The number of nitrogens with zero attached hydrogens (tertiary/aromatic N) is 3. The van der Waals surface area contributed by atoms with Crippen LogP contribution in [0.4, 0.5) is 9.18 Å². The van der Waals surface area contributed by atoms with E-state index >= 15 is 0 Å². The number of hydrogen-bond acceptors (Lipinski definition) is 6. The van der Waals surface area contributed by atoms with Gasteiger partial charge in [-0.1, -0.05) is 5.16 Å². The van der Waals surface area contributed by atoms with Crippen molar-refractivity contribution in [2.45, 2.75) is 12.5 Å². The molecule has 1 atom stereocenters. The van der Waals surface area contributed by atoms with Crippen molar-refractivity contribution in [3.8, 4) is 16.9 Å². The Morgan fingerprint density at radius 2 is 2.28 bits per heavy atom. The first-order chi connectivity index (χ1) is 12.1. The molecule has 1 aliphatic heterocycles. The molecule has 0 bridgehead atoms. The Labute approximate surface area is 142 Å². The van der Waals surface area contributed by atoms with Crippen molar-refractivity contribution in [2.75, 3.05) is 13.2 Å². The average molecular weight is 346 g/mol. The molecule has 0 aliphatic carbocycles. The van der Waals surface area contributed by atoms with Gasteiger partial charge in [0.05, 0.1) is 12.3 Å². The number of carbonyl (C=O) groups is 1. The standard InChI is InChI=1S/C16H15FN4O4/c17-15-2-1-10(6-19-15)13-8-18-4-3-14(13)24-9-12-5-11(21-25-12)7-20-16(22)23/h1-4,6,8,12,20H,5,7,9H2,(H,22,23). The van der Waals surface area contributed by atoms with E-state index in [1.807, 2.05) is 0 Å². The molecule has 2 aromatic rings. The minimum Gasteiger partial charge on any atom is -0.489 e. The van der Waals surface area contributed by atoms with E-state index in [1.54, 1.807) is 24.5 Å². The van der Waals surface area contributed by atoms with Crippen molar-refractivity contribution in [1.29, 1.82) is 0 Å². The van der Waals surface area contributed by atoms with Gasteiger partial charge >= 0.3 is 6.09 Å². The van der Waals surface area contributed by atoms with Crippen LogP contribution in [0.1, 0.15) is 6.42 Å². The van der Waals surface area contributed by atoms with Gasteiger partial charge in [0.2, 0.25) is 5.95 Å². The summed E-state index contributed by atoms with van der Waals surface area (Å²) in [5, 5.41) is 14.7. The fourth-order valence-electron chi connectivity index (χ4n) is 2.30. The van der Waals surface area contributed by atoms with Crippen molar-refractivity contribution in [1.82, 2.24) is 15.3 Å². The third kappa shape index (κ3) is 4.40. The highest BCUT2D eigenvalue weighted by Gasteiger charge is 2.22. The average Bonchev–Trinajstić information content (AvgIpc) is 3.07. The van der Waals surface area contributed by atoms with Crippen LogP contribution in [0.3, 0.4) is 0 Å². The maximum atomic E-state index is 13.0. The Kier molecular flexibility index (Phi) is 5.03. The molecule has 0 radical (unpaired) electrons. The van der Waals surface area contributed by atoms with Crippen molar-refractivity contribution >= 4 is 11.8 Å². The number of aromatic nitrogens is 2. The number of nitrogens with one attached hydrogen (secondary N) is 1. The van der Waals surface area contributed by atoms with Crippen molar-refractivity contribution in [3.63, 3.8) is 0 Å². The maximum Gasteiger partial charge on any atom is 0.404 e. The van der Waals surface area contributed by atoms with Crippen LogP contribution >= 0.6 is 0 Å². The predicted octanol–water partition coefficient (Wildman–Crippen LogP) is 2.07. The number of ether oxygens (including phenoxy) is 1. The zero-order valence-corrected chi connectivity index (χ0v) is 13.1. The lowest BCUT2D eigenvalue weighted by Crippen LogP contribution is -2.28. The summed E-state index contributed by atoms with van der Waals surface area (Å²) in [4.78, 5) is 23.4. The van der Waals surface area contributed by atoms with Gasteiger partial charge in [-0.2, -0.15) is 4.39 Å². The maximum absolute atomic E-state index is 13.0. The smallest absolute Gasteiger partial charge is 0.404 e. The van der Waals surface area contributed by atoms with Crippen LogP contribution in [0.5, 0.6) is 5.75 Å². The molecule has 0 saturated carbocycles. The molecule has 0 spiro atoms. The van der Waals surface area contributed by atoms with E-state index in [4.69, 9.17) is 14.7 Å². The van der Waals surface area contributed by atoms with Crippen LogP contribution in [-0.2, 0) is 4.84 Å². The first-order valence-electron chi connectivity index (χ1n) is 7.49. The molecule has 25 heavy (non-hydrogen) atoms. The molecule has 1 unspecified atom stereocenters. The molecule has 0 aromatic carbocycles. The van der Waals surface area contributed by atoms with Crippen LogP contribution in [0.2, 0.25) is 0 Å². The molecule has 3 rings (SSSR count). The summed E-state index contributed by atoms with van der Waals surface area (Å²) in [7, 11) is 0. The second kappa shape index (κ2) is 7.56. The molecule has 2 N–H and O–H groups in total. The van der Waals surface area contributed by atoms with Gasteiger partial charge in [0, 0.05) is 36.1 Å². The Morgan fingerprint density at radius 3 is 3.04 bits per heavy atom. The minimum absolute atomic E-state index is 0.119. The summed E-state index contributed by atoms with van der Waals surface area (Å²) in [6.07, 6.45) is 3.65. The van der Waals surface area contributed by atoms with Crippen molar-refractivity contribution in [2.24, 2.45) is 5.16 Å². The summed E-state index contributed by atoms with van der Waals surface area (Å²) in [6.45, 7) is 0.347. The summed E-state index contributed by atoms with van der Waals surface area (Å²) in [5.74, 6) is -0.00164. The van der Waals surface area contributed by atoms with E-state index in [2.05, 4.69) is 20.4 Å². The summed E-state index contributed by atoms with van der Waals surface area (Å²) >= 11 is 0. The zero-order valence-electron chi connectivity index (χ0n) is 13.1. The predicted molar refractivity (Wildman–Crippen MR) is 85.9 cm³/mol. The van der Waals surface area contributed by atoms with Gasteiger partial charge in [0.25, 0.3) is 0 Å². The molecular formula is C16H15FN4O4. The highest BCUT2D eigenvalue weighted by molar-refractivity contribution is 5.89. The van der Waals surface area contributed by atoms with Crippen LogP contribution in [0.15, 0.2) is 41.9 Å². The number of hydrogen-bond donors (Lipinski definition) is 2. The van der Waals surface area contributed by atoms with Crippen molar-refractivity contribution < 1.29 is 23.9 Å². The third-order valence-corrected chi connectivity index (χ3v) is 3.48. The molecule has 3 heterocycles. The SMILES string of the molecule is O=C(O)NCC1=NOC(COc2ccncc2-c2ccc(F)nc2)C1. The van der Waals surface area contributed by atoms with Gasteiger partial charge in [0.1, 0.15) is 12.4 Å². The lowest BCUT2D eigenvalue weighted by Gasteiger charge is -2.13.